The van der Waals surface area contributed by atoms with Gasteiger partial charge in [0.25, 0.3) is 0 Å². The second-order valence-corrected chi connectivity index (χ2v) is 5.43. The minimum atomic E-state index is 0.500. The first-order valence-corrected chi connectivity index (χ1v) is 7.54. The third kappa shape index (κ3) is 4.22. The molecule has 2 aromatic rings. The number of nitrogens with zero attached hydrogens (tertiary/aromatic N) is 4. The Morgan fingerprint density at radius 2 is 1.81 bits per heavy atom. The first-order chi connectivity index (χ1) is 10.1. The fourth-order valence-electron chi connectivity index (χ4n) is 1.78. The molecule has 8 heteroatoms. The topological polar surface area (TPSA) is 67.7 Å². The molecule has 0 saturated heterocycles. The number of rotatable bonds is 7. The number of nitrogens with one attached hydrogen (secondary N) is 2. The maximum atomic E-state index is 6.16. The highest BCUT2D eigenvalue weighted by Gasteiger charge is 2.09. The van der Waals surface area contributed by atoms with Crippen molar-refractivity contribution in [2.45, 2.75) is 19.8 Å². The highest BCUT2D eigenvalue weighted by Crippen LogP contribution is 2.29. The molecule has 0 aromatic carbocycles. The summed E-state index contributed by atoms with van der Waals surface area (Å²) in [6.07, 6.45) is 3.40. The Morgan fingerprint density at radius 1 is 1.14 bits per heavy atom. The molecular formula is C13H18Cl2N6. The molecule has 0 amide bonds. The van der Waals surface area contributed by atoms with E-state index in [4.69, 9.17) is 23.2 Å². The van der Waals surface area contributed by atoms with Gasteiger partial charge < -0.3 is 15.2 Å². The van der Waals surface area contributed by atoms with E-state index in [1.54, 1.807) is 12.4 Å². The van der Waals surface area contributed by atoms with E-state index >= 15 is 0 Å². The summed E-state index contributed by atoms with van der Waals surface area (Å²) in [5, 5.41) is 15.3. The van der Waals surface area contributed by atoms with E-state index in [1.807, 2.05) is 11.6 Å². The number of anilines is 2. The van der Waals surface area contributed by atoms with E-state index in [9.17, 15) is 0 Å². The molecule has 2 N–H and O–H groups in total. The van der Waals surface area contributed by atoms with Gasteiger partial charge in [-0.3, -0.25) is 0 Å². The molecule has 0 spiro atoms. The molecule has 0 unspecified atom stereocenters. The summed E-state index contributed by atoms with van der Waals surface area (Å²) < 4.78 is 1.88. The molecule has 6 nitrogen and oxygen atoms in total. The van der Waals surface area contributed by atoms with E-state index in [1.165, 1.54) is 0 Å². The second kappa shape index (κ2) is 7.47. The minimum absolute atomic E-state index is 0.500. The van der Waals surface area contributed by atoms with Gasteiger partial charge in [-0.1, -0.05) is 30.1 Å². The summed E-state index contributed by atoms with van der Waals surface area (Å²) in [5.41, 5.74) is 0. The number of halogens is 2. The highest BCUT2D eigenvalue weighted by molar-refractivity contribution is 6.37. The van der Waals surface area contributed by atoms with Crippen LogP contribution in [0.5, 0.6) is 0 Å². The number of hydrogen-bond donors (Lipinski definition) is 2. The molecule has 0 radical (unpaired) electrons. The zero-order valence-electron chi connectivity index (χ0n) is 12.0. The smallest absolute Gasteiger partial charge is 0.147 e. The largest absolute Gasteiger partial charge is 0.369 e. The lowest BCUT2D eigenvalue weighted by molar-refractivity contribution is 0.787. The van der Waals surface area contributed by atoms with E-state index in [0.29, 0.717) is 28.2 Å². The van der Waals surface area contributed by atoms with Gasteiger partial charge in [0.05, 0.1) is 10.0 Å². The van der Waals surface area contributed by atoms with Crippen molar-refractivity contribution in [1.82, 2.24) is 19.7 Å². The Labute approximate surface area is 133 Å². The molecule has 114 valence electrons. The minimum Gasteiger partial charge on any atom is -0.369 e. The fourth-order valence-corrected chi connectivity index (χ4v) is 2.28. The Hall–Kier alpha value is -1.53. The molecule has 2 heterocycles. The monoisotopic (exact) mass is 328 g/mol. The number of hydrogen-bond acceptors (Lipinski definition) is 5. The molecule has 0 saturated carbocycles. The van der Waals surface area contributed by atoms with Crippen molar-refractivity contribution >= 4 is 34.8 Å². The Bertz CT molecular complexity index is 598. The van der Waals surface area contributed by atoms with E-state index in [2.05, 4.69) is 32.7 Å². The van der Waals surface area contributed by atoms with Crippen LogP contribution in [0.3, 0.4) is 0 Å². The average Bonchev–Trinajstić information content (AvgIpc) is 2.85. The van der Waals surface area contributed by atoms with Gasteiger partial charge in [-0.15, -0.1) is 10.2 Å². The quantitative estimate of drug-likeness (QED) is 0.817. The molecule has 0 aliphatic rings. The lowest BCUT2D eigenvalue weighted by atomic mass is 10.3. The van der Waals surface area contributed by atoms with Crippen molar-refractivity contribution in [3.8, 4) is 0 Å². The van der Waals surface area contributed by atoms with Crippen molar-refractivity contribution in [3.05, 3.63) is 28.3 Å². The summed E-state index contributed by atoms with van der Waals surface area (Å²) in [6, 6.07) is 1.69. The summed E-state index contributed by atoms with van der Waals surface area (Å²) in [5.74, 6) is 2.16. The van der Waals surface area contributed by atoms with Crippen LogP contribution in [0, 0.1) is 0 Å². The van der Waals surface area contributed by atoms with Gasteiger partial charge in [0.2, 0.25) is 0 Å². The predicted octanol–water partition coefficient (Wildman–Crippen LogP) is 2.99. The van der Waals surface area contributed by atoms with Crippen molar-refractivity contribution in [2.24, 2.45) is 7.05 Å². The molecule has 0 aliphatic carbocycles. The Morgan fingerprint density at radius 3 is 2.38 bits per heavy atom. The maximum Gasteiger partial charge on any atom is 0.147 e. The molecule has 2 rings (SSSR count). The van der Waals surface area contributed by atoms with E-state index in [0.717, 1.165) is 25.2 Å². The summed E-state index contributed by atoms with van der Waals surface area (Å²) in [4.78, 5) is 4.42. The zero-order chi connectivity index (χ0) is 15.2. The van der Waals surface area contributed by atoms with Crippen LogP contribution < -0.4 is 10.6 Å². The summed E-state index contributed by atoms with van der Waals surface area (Å²) in [7, 11) is 1.91. The van der Waals surface area contributed by atoms with Crippen LogP contribution in [-0.2, 0) is 13.5 Å². The van der Waals surface area contributed by atoms with Crippen LogP contribution >= 0.6 is 23.2 Å². The molecule has 0 bridgehead atoms. The predicted molar refractivity (Wildman–Crippen MR) is 86.2 cm³/mol. The van der Waals surface area contributed by atoms with E-state index < -0.39 is 0 Å². The van der Waals surface area contributed by atoms with Crippen LogP contribution in [-0.4, -0.2) is 32.8 Å². The van der Waals surface area contributed by atoms with Crippen molar-refractivity contribution < 1.29 is 0 Å². The fraction of sp³-hybridized carbons (Fsp3) is 0.462. The zero-order valence-corrected chi connectivity index (χ0v) is 13.5. The van der Waals surface area contributed by atoms with Gasteiger partial charge in [-0.2, -0.15) is 0 Å². The molecule has 2 aromatic heterocycles. The van der Waals surface area contributed by atoms with Gasteiger partial charge in [0.15, 0.2) is 0 Å². The number of pyridine rings is 1. The molecule has 0 aliphatic heterocycles. The highest BCUT2D eigenvalue weighted by atomic mass is 35.5. The van der Waals surface area contributed by atoms with Crippen molar-refractivity contribution in [1.29, 1.82) is 0 Å². The van der Waals surface area contributed by atoms with Crippen LogP contribution in [0.25, 0.3) is 0 Å². The summed E-state index contributed by atoms with van der Waals surface area (Å²) in [6.45, 7) is 3.55. The van der Waals surface area contributed by atoms with Crippen LogP contribution in [0.2, 0.25) is 10.0 Å². The third-order valence-electron chi connectivity index (χ3n) is 2.92. The average molecular weight is 329 g/mol. The van der Waals surface area contributed by atoms with E-state index in [-0.39, 0.29) is 0 Å². The molecule has 0 atom stereocenters. The Balaban J connectivity index is 2.00. The number of aryl methyl sites for hydroxylation is 1. The first kappa shape index (κ1) is 15.9. The lowest BCUT2D eigenvalue weighted by Gasteiger charge is -2.12. The van der Waals surface area contributed by atoms with Crippen LogP contribution in [0.15, 0.2) is 12.4 Å². The van der Waals surface area contributed by atoms with Gasteiger partial charge in [0.1, 0.15) is 23.8 Å². The van der Waals surface area contributed by atoms with Crippen molar-refractivity contribution in [2.75, 3.05) is 23.7 Å². The second-order valence-electron chi connectivity index (χ2n) is 4.61. The van der Waals surface area contributed by atoms with Crippen LogP contribution in [0.1, 0.15) is 19.2 Å². The normalized spacial score (nSPS) is 10.7. The molecule has 0 fully saturated rings. The van der Waals surface area contributed by atoms with Crippen molar-refractivity contribution in [3.63, 3.8) is 0 Å². The van der Waals surface area contributed by atoms with Gasteiger partial charge >= 0.3 is 0 Å². The third-order valence-corrected chi connectivity index (χ3v) is 3.49. The summed E-state index contributed by atoms with van der Waals surface area (Å²) >= 11 is 12.3. The van der Waals surface area contributed by atoms with Gasteiger partial charge in [-0.05, 0) is 12.5 Å². The standard InChI is InChI=1S/C13H18Cl2N6/c1-3-5-16-12-9(14)7-10(15)13(19-12)17-6-4-11-20-18-8-21(11)2/h7-8H,3-6H2,1-2H3,(H2,16,17,19). The van der Waals surface area contributed by atoms with Gasteiger partial charge in [0, 0.05) is 26.6 Å². The number of aromatic nitrogens is 4. The Kier molecular flexibility index (Phi) is 5.64. The lowest BCUT2D eigenvalue weighted by Crippen LogP contribution is -2.11. The molecule has 21 heavy (non-hydrogen) atoms. The maximum absolute atomic E-state index is 6.16. The molecular weight excluding hydrogens is 311 g/mol. The van der Waals surface area contributed by atoms with Gasteiger partial charge in [-0.25, -0.2) is 4.98 Å². The van der Waals surface area contributed by atoms with Crippen LogP contribution in [0.4, 0.5) is 11.6 Å². The first-order valence-electron chi connectivity index (χ1n) is 6.78. The SMILES string of the molecule is CCCNc1nc(NCCc2nncn2C)c(Cl)cc1Cl.